The zero-order chi connectivity index (χ0) is 14.7. The molecule has 0 heterocycles. The van der Waals surface area contributed by atoms with Crippen LogP contribution in [-0.4, -0.2) is 11.6 Å². The largest absolute Gasteiger partial charge is 0.271 e. The molecule has 1 aliphatic carbocycles. The number of hydrogen-bond acceptors (Lipinski definition) is 2. The van der Waals surface area contributed by atoms with Gasteiger partial charge in [-0.05, 0) is 49.1 Å². The average Bonchev–Trinajstić information content (AvgIpc) is 2.53. The fourth-order valence-electron chi connectivity index (χ4n) is 2.50. The molecule has 21 heavy (non-hydrogen) atoms. The molecule has 3 nitrogen and oxygen atoms in total. The van der Waals surface area contributed by atoms with Crippen molar-refractivity contribution >= 4 is 11.6 Å². The van der Waals surface area contributed by atoms with Crippen molar-refractivity contribution < 1.29 is 9.18 Å². The lowest BCUT2D eigenvalue weighted by molar-refractivity contribution is 0.0954. The van der Waals surface area contributed by atoms with Gasteiger partial charge in [-0.2, -0.15) is 5.10 Å². The van der Waals surface area contributed by atoms with Crippen LogP contribution in [0.4, 0.5) is 4.39 Å². The van der Waals surface area contributed by atoms with Crippen molar-refractivity contribution in [1.29, 1.82) is 0 Å². The number of nitrogens with zero attached hydrogens (tertiary/aromatic N) is 1. The molecule has 0 saturated heterocycles. The van der Waals surface area contributed by atoms with E-state index in [1.54, 1.807) is 0 Å². The number of carbonyl (C=O) groups excluding carboxylic acids is 1. The van der Waals surface area contributed by atoms with Gasteiger partial charge in [0.1, 0.15) is 5.82 Å². The van der Waals surface area contributed by atoms with Crippen molar-refractivity contribution in [1.82, 2.24) is 5.43 Å². The first-order valence-electron chi connectivity index (χ1n) is 6.95. The molecule has 1 N–H and O–H groups in total. The van der Waals surface area contributed by atoms with Gasteiger partial charge < -0.3 is 0 Å². The van der Waals surface area contributed by atoms with Crippen molar-refractivity contribution in [3.63, 3.8) is 0 Å². The molecule has 0 spiro atoms. The molecule has 0 radical (unpaired) electrons. The molecule has 1 amide bonds. The minimum absolute atomic E-state index is 0.328. The highest BCUT2D eigenvalue weighted by Crippen LogP contribution is 2.21. The highest BCUT2D eigenvalue weighted by Gasteiger charge is 2.15. The third-order valence-corrected chi connectivity index (χ3v) is 3.59. The van der Waals surface area contributed by atoms with Crippen LogP contribution in [0.2, 0.25) is 0 Å². The maximum atomic E-state index is 12.8. The van der Waals surface area contributed by atoms with Crippen LogP contribution in [0.1, 0.15) is 34.3 Å². The average molecular weight is 282 g/mol. The Kier molecular flexibility index (Phi) is 3.77. The molecule has 1 aliphatic rings. The molecule has 0 unspecified atom stereocenters. The second kappa shape index (κ2) is 5.87. The van der Waals surface area contributed by atoms with Gasteiger partial charge in [-0.15, -0.1) is 0 Å². The van der Waals surface area contributed by atoms with E-state index in [9.17, 15) is 9.18 Å². The van der Waals surface area contributed by atoms with Crippen LogP contribution in [0.25, 0.3) is 0 Å². The van der Waals surface area contributed by atoms with E-state index in [0.29, 0.717) is 5.56 Å². The van der Waals surface area contributed by atoms with Gasteiger partial charge in [0.2, 0.25) is 0 Å². The molecule has 0 aromatic heterocycles. The van der Waals surface area contributed by atoms with E-state index in [2.05, 4.69) is 16.6 Å². The van der Waals surface area contributed by atoms with Crippen molar-refractivity contribution in [2.75, 3.05) is 0 Å². The van der Waals surface area contributed by atoms with Gasteiger partial charge in [-0.1, -0.05) is 24.3 Å². The Labute approximate surface area is 122 Å². The predicted molar refractivity (Wildman–Crippen MR) is 79.8 cm³/mol. The monoisotopic (exact) mass is 282 g/mol. The van der Waals surface area contributed by atoms with E-state index in [4.69, 9.17) is 0 Å². The first-order chi connectivity index (χ1) is 10.2. The lowest BCUT2D eigenvalue weighted by Gasteiger charge is -2.17. The molecule has 0 atom stereocenters. The van der Waals surface area contributed by atoms with Crippen molar-refractivity contribution in [2.45, 2.75) is 19.3 Å². The summed E-state index contributed by atoms with van der Waals surface area (Å²) in [5.41, 5.74) is 6.21. The number of benzene rings is 2. The number of amides is 1. The zero-order valence-electron chi connectivity index (χ0n) is 11.5. The van der Waals surface area contributed by atoms with Gasteiger partial charge in [0, 0.05) is 11.1 Å². The molecule has 3 rings (SSSR count). The van der Waals surface area contributed by atoms with Crippen molar-refractivity contribution in [2.24, 2.45) is 5.10 Å². The summed E-state index contributed by atoms with van der Waals surface area (Å²) in [6, 6.07) is 13.5. The summed E-state index contributed by atoms with van der Waals surface area (Å²) in [5, 5.41) is 4.25. The van der Waals surface area contributed by atoms with Crippen molar-refractivity contribution in [3.05, 3.63) is 71.0 Å². The number of aryl methyl sites for hydroxylation is 1. The second-order valence-electron chi connectivity index (χ2n) is 5.02. The van der Waals surface area contributed by atoms with Gasteiger partial charge in [0.25, 0.3) is 5.91 Å². The van der Waals surface area contributed by atoms with Gasteiger partial charge in [-0.3, -0.25) is 4.79 Å². The van der Waals surface area contributed by atoms with E-state index in [0.717, 1.165) is 30.5 Å². The van der Waals surface area contributed by atoms with E-state index in [-0.39, 0.29) is 11.7 Å². The standard InChI is InChI=1S/C17H15FN2O/c18-14-10-8-13(9-11-14)17(21)20-19-16-7-3-5-12-4-1-2-6-15(12)16/h1-2,4,6,8-11H,3,5,7H2,(H,20,21). The predicted octanol–water partition coefficient (Wildman–Crippen LogP) is 3.30. The van der Waals surface area contributed by atoms with Gasteiger partial charge in [-0.25, -0.2) is 9.82 Å². The first-order valence-corrected chi connectivity index (χ1v) is 6.95. The molecular formula is C17H15FN2O. The van der Waals surface area contributed by atoms with Crippen LogP contribution in [0, 0.1) is 5.82 Å². The van der Waals surface area contributed by atoms with E-state index in [1.165, 1.54) is 29.8 Å². The normalized spacial score (nSPS) is 15.6. The van der Waals surface area contributed by atoms with Crippen LogP contribution >= 0.6 is 0 Å². The lowest BCUT2D eigenvalue weighted by atomic mass is 9.90. The van der Waals surface area contributed by atoms with Crippen LogP contribution < -0.4 is 5.43 Å². The summed E-state index contributed by atoms with van der Waals surface area (Å²) >= 11 is 0. The Morgan fingerprint density at radius 1 is 1.05 bits per heavy atom. The molecular weight excluding hydrogens is 267 g/mol. The molecule has 106 valence electrons. The molecule has 2 aromatic rings. The lowest BCUT2D eigenvalue weighted by Crippen LogP contribution is -2.22. The van der Waals surface area contributed by atoms with Crippen LogP contribution in [0.3, 0.4) is 0 Å². The summed E-state index contributed by atoms with van der Waals surface area (Å²) < 4.78 is 12.8. The summed E-state index contributed by atoms with van der Waals surface area (Å²) in [5.74, 6) is -0.690. The molecule has 0 fully saturated rings. The van der Waals surface area contributed by atoms with E-state index in [1.807, 2.05) is 18.2 Å². The molecule has 4 heteroatoms. The molecule has 0 bridgehead atoms. The fraction of sp³-hybridized carbons (Fsp3) is 0.176. The Morgan fingerprint density at radius 2 is 1.81 bits per heavy atom. The topological polar surface area (TPSA) is 41.5 Å². The van der Waals surface area contributed by atoms with E-state index >= 15 is 0 Å². The highest BCUT2D eigenvalue weighted by atomic mass is 19.1. The summed E-state index contributed by atoms with van der Waals surface area (Å²) in [6.07, 6.45) is 2.92. The second-order valence-corrected chi connectivity index (χ2v) is 5.02. The SMILES string of the molecule is O=C(NN=C1CCCc2ccccc21)c1ccc(F)cc1. The third kappa shape index (κ3) is 2.99. The molecule has 2 aromatic carbocycles. The summed E-state index contributed by atoms with van der Waals surface area (Å²) in [6.45, 7) is 0. The fourth-order valence-corrected chi connectivity index (χ4v) is 2.50. The summed E-state index contributed by atoms with van der Waals surface area (Å²) in [7, 11) is 0. The quantitative estimate of drug-likeness (QED) is 0.844. The van der Waals surface area contributed by atoms with Gasteiger partial charge >= 0.3 is 0 Å². The number of carbonyl (C=O) groups is 1. The number of hydrazone groups is 1. The van der Waals surface area contributed by atoms with Gasteiger partial charge in [0.05, 0.1) is 5.71 Å². The van der Waals surface area contributed by atoms with Crippen LogP contribution in [-0.2, 0) is 6.42 Å². The maximum Gasteiger partial charge on any atom is 0.271 e. The number of nitrogens with one attached hydrogen (secondary N) is 1. The maximum absolute atomic E-state index is 12.8. The Hall–Kier alpha value is -2.49. The smallest absolute Gasteiger partial charge is 0.267 e. The number of halogens is 1. The number of rotatable bonds is 2. The Bertz CT molecular complexity index is 692. The number of hydrogen-bond donors (Lipinski definition) is 1. The Morgan fingerprint density at radius 3 is 2.62 bits per heavy atom. The third-order valence-electron chi connectivity index (χ3n) is 3.59. The van der Waals surface area contributed by atoms with Crippen LogP contribution in [0.15, 0.2) is 53.6 Å². The number of fused-ring (bicyclic) bond motifs is 1. The van der Waals surface area contributed by atoms with Crippen molar-refractivity contribution in [3.8, 4) is 0 Å². The summed E-state index contributed by atoms with van der Waals surface area (Å²) in [4.78, 5) is 12.0. The van der Waals surface area contributed by atoms with Crippen LogP contribution in [0.5, 0.6) is 0 Å². The molecule has 0 aliphatic heterocycles. The Balaban J connectivity index is 1.78. The zero-order valence-corrected chi connectivity index (χ0v) is 11.5. The van der Waals surface area contributed by atoms with E-state index < -0.39 is 0 Å². The highest BCUT2D eigenvalue weighted by molar-refractivity contribution is 6.04. The molecule has 0 saturated carbocycles. The first kappa shape index (κ1) is 13.5. The van der Waals surface area contributed by atoms with Gasteiger partial charge in [0.15, 0.2) is 0 Å². The minimum Gasteiger partial charge on any atom is -0.267 e. The minimum atomic E-state index is -0.362.